The van der Waals surface area contributed by atoms with Gasteiger partial charge in [0.25, 0.3) is 0 Å². The minimum Gasteiger partial charge on any atom is -0.101 e. The molecule has 0 bridgehead atoms. The summed E-state index contributed by atoms with van der Waals surface area (Å²) in [4.78, 5) is 0. The lowest BCUT2D eigenvalue weighted by molar-refractivity contribution is 1.51. The second-order valence-electron chi connectivity index (χ2n) is 4.50. The standard InChI is InChI=1S/C19H13/c1-3-5-14-7-9-18-16(11-14)13-17-12-15(6-4-2)8-10-19(17)18/h7-13H,1-2H3. The zero-order chi connectivity index (χ0) is 13.2. The van der Waals surface area contributed by atoms with E-state index in [1.807, 2.05) is 13.8 Å². The Bertz CT molecular complexity index is 704. The second kappa shape index (κ2) is 4.68. The van der Waals surface area contributed by atoms with Crippen LogP contribution in [0.4, 0.5) is 0 Å². The Kier molecular flexibility index (Phi) is 2.86. The van der Waals surface area contributed by atoms with Crippen LogP contribution in [0.2, 0.25) is 0 Å². The van der Waals surface area contributed by atoms with Gasteiger partial charge < -0.3 is 0 Å². The lowest BCUT2D eigenvalue weighted by atomic mass is 10.0. The Balaban J connectivity index is 2.08. The molecule has 1 radical (unpaired) electrons. The summed E-state index contributed by atoms with van der Waals surface area (Å²) in [6.07, 6.45) is 2.21. The molecule has 2 aromatic rings. The average molecular weight is 241 g/mol. The molecule has 19 heavy (non-hydrogen) atoms. The first-order valence-corrected chi connectivity index (χ1v) is 6.30. The van der Waals surface area contributed by atoms with E-state index in [1.165, 1.54) is 22.3 Å². The molecule has 0 amide bonds. The Hall–Kier alpha value is -2.44. The number of hydrogen-bond acceptors (Lipinski definition) is 0. The van der Waals surface area contributed by atoms with Gasteiger partial charge in [-0.05, 0) is 60.4 Å². The molecule has 0 fully saturated rings. The molecule has 0 saturated carbocycles. The van der Waals surface area contributed by atoms with E-state index in [0.29, 0.717) is 0 Å². The molecular weight excluding hydrogens is 228 g/mol. The lowest BCUT2D eigenvalue weighted by Crippen LogP contribution is -1.80. The zero-order valence-electron chi connectivity index (χ0n) is 11.0. The summed E-state index contributed by atoms with van der Waals surface area (Å²) in [6.45, 7) is 3.72. The largest absolute Gasteiger partial charge is 0.101 e. The van der Waals surface area contributed by atoms with Crippen molar-refractivity contribution < 1.29 is 0 Å². The van der Waals surface area contributed by atoms with Gasteiger partial charge in [-0.15, -0.1) is 11.8 Å². The van der Waals surface area contributed by atoms with E-state index in [4.69, 9.17) is 0 Å². The van der Waals surface area contributed by atoms with Crippen molar-refractivity contribution in [2.45, 2.75) is 13.8 Å². The Morgan fingerprint density at radius 1 is 0.684 bits per heavy atom. The molecule has 0 nitrogen and oxygen atoms in total. The summed E-state index contributed by atoms with van der Waals surface area (Å²) in [7, 11) is 0. The van der Waals surface area contributed by atoms with Crippen molar-refractivity contribution in [3.05, 3.63) is 65.1 Å². The Labute approximate surface area is 114 Å². The maximum absolute atomic E-state index is 3.10. The first kappa shape index (κ1) is 11.6. The van der Waals surface area contributed by atoms with E-state index in [-0.39, 0.29) is 0 Å². The van der Waals surface area contributed by atoms with Crippen molar-refractivity contribution in [2.24, 2.45) is 0 Å². The number of fused-ring (bicyclic) bond motifs is 3. The van der Waals surface area contributed by atoms with Gasteiger partial charge in [0.05, 0.1) is 0 Å². The first-order chi connectivity index (χ1) is 9.31. The Morgan fingerprint density at radius 3 is 1.58 bits per heavy atom. The van der Waals surface area contributed by atoms with Gasteiger partial charge in [-0.3, -0.25) is 0 Å². The molecule has 2 aromatic carbocycles. The SMILES string of the molecule is CC#Cc1ccc2c(c1)[CH]c1cc(C#CC)ccc1-2. The highest BCUT2D eigenvalue weighted by molar-refractivity contribution is 5.82. The highest BCUT2D eigenvalue weighted by Crippen LogP contribution is 2.38. The highest BCUT2D eigenvalue weighted by atomic mass is 14.2. The second-order valence-corrected chi connectivity index (χ2v) is 4.50. The molecule has 0 unspecified atom stereocenters. The van der Waals surface area contributed by atoms with Crippen LogP contribution in [0.1, 0.15) is 36.1 Å². The summed E-state index contributed by atoms with van der Waals surface area (Å²) in [5.74, 6) is 12.1. The van der Waals surface area contributed by atoms with Gasteiger partial charge in [-0.2, -0.15) is 0 Å². The van der Waals surface area contributed by atoms with Gasteiger partial charge in [-0.25, -0.2) is 0 Å². The molecule has 0 heteroatoms. The van der Waals surface area contributed by atoms with Crippen molar-refractivity contribution in [3.63, 3.8) is 0 Å². The fourth-order valence-corrected chi connectivity index (χ4v) is 2.47. The third-order valence-electron chi connectivity index (χ3n) is 3.24. The Morgan fingerprint density at radius 2 is 1.16 bits per heavy atom. The summed E-state index contributed by atoms with van der Waals surface area (Å²) < 4.78 is 0. The maximum atomic E-state index is 3.10. The molecule has 1 aliphatic carbocycles. The molecule has 0 spiro atoms. The third kappa shape index (κ3) is 2.03. The summed E-state index contributed by atoms with van der Waals surface area (Å²) in [5, 5.41) is 0. The number of rotatable bonds is 0. The van der Waals surface area contributed by atoms with Gasteiger partial charge in [0, 0.05) is 17.5 Å². The quantitative estimate of drug-likeness (QED) is 0.522. The van der Waals surface area contributed by atoms with Crippen molar-refractivity contribution in [2.75, 3.05) is 0 Å². The van der Waals surface area contributed by atoms with E-state index in [1.54, 1.807) is 0 Å². The normalized spacial score (nSPS) is 10.6. The smallest absolute Gasteiger partial charge is 0.0248 e. The van der Waals surface area contributed by atoms with Gasteiger partial charge >= 0.3 is 0 Å². The fraction of sp³-hybridized carbons (Fsp3) is 0.105. The van der Waals surface area contributed by atoms with Crippen LogP contribution in [0.25, 0.3) is 11.1 Å². The monoisotopic (exact) mass is 241 g/mol. The molecule has 0 heterocycles. The first-order valence-electron chi connectivity index (χ1n) is 6.30. The van der Waals surface area contributed by atoms with Crippen LogP contribution in [0, 0.1) is 30.1 Å². The van der Waals surface area contributed by atoms with Crippen LogP contribution in [0.15, 0.2) is 36.4 Å². The van der Waals surface area contributed by atoms with Crippen LogP contribution < -0.4 is 0 Å². The summed E-state index contributed by atoms with van der Waals surface area (Å²) in [5.41, 5.74) is 7.20. The molecule has 0 aliphatic heterocycles. The van der Waals surface area contributed by atoms with E-state index in [2.05, 4.69) is 66.5 Å². The van der Waals surface area contributed by atoms with Crippen LogP contribution in [-0.4, -0.2) is 0 Å². The summed E-state index contributed by atoms with van der Waals surface area (Å²) in [6, 6.07) is 12.8. The summed E-state index contributed by atoms with van der Waals surface area (Å²) >= 11 is 0. The van der Waals surface area contributed by atoms with Gasteiger partial charge in [0.2, 0.25) is 0 Å². The van der Waals surface area contributed by atoms with Crippen LogP contribution in [-0.2, 0) is 0 Å². The van der Waals surface area contributed by atoms with Crippen LogP contribution in [0.5, 0.6) is 0 Å². The van der Waals surface area contributed by atoms with Crippen molar-refractivity contribution >= 4 is 0 Å². The molecule has 89 valence electrons. The maximum Gasteiger partial charge on any atom is 0.0248 e. The minimum absolute atomic E-state index is 1.07. The minimum atomic E-state index is 1.07. The van der Waals surface area contributed by atoms with E-state index in [9.17, 15) is 0 Å². The molecule has 1 aliphatic rings. The van der Waals surface area contributed by atoms with Gasteiger partial charge in [0.1, 0.15) is 0 Å². The number of benzene rings is 2. The highest BCUT2D eigenvalue weighted by Gasteiger charge is 2.18. The van der Waals surface area contributed by atoms with E-state index < -0.39 is 0 Å². The zero-order valence-corrected chi connectivity index (χ0v) is 11.0. The molecule has 0 atom stereocenters. The van der Waals surface area contributed by atoms with E-state index >= 15 is 0 Å². The molecular formula is C19H13. The predicted octanol–water partition coefficient (Wildman–Crippen LogP) is 4.01. The van der Waals surface area contributed by atoms with Crippen molar-refractivity contribution in [3.8, 4) is 34.8 Å². The molecule has 0 saturated heterocycles. The predicted molar refractivity (Wildman–Crippen MR) is 79.5 cm³/mol. The van der Waals surface area contributed by atoms with Gasteiger partial charge in [0.15, 0.2) is 0 Å². The van der Waals surface area contributed by atoms with Gasteiger partial charge in [-0.1, -0.05) is 24.0 Å². The van der Waals surface area contributed by atoms with Crippen molar-refractivity contribution in [1.82, 2.24) is 0 Å². The third-order valence-corrected chi connectivity index (χ3v) is 3.24. The van der Waals surface area contributed by atoms with Crippen LogP contribution >= 0.6 is 0 Å². The van der Waals surface area contributed by atoms with E-state index in [0.717, 1.165) is 11.1 Å². The topological polar surface area (TPSA) is 0 Å². The fourth-order valence-electron chi connectivity index (χ4n) is 2.47. The lowest BCUT2D eigenvalue weighted by Gasteiger charge is -2.01. The molecule has 3 rings (SSSR count). The molecule has 0 N–H and O–H groups in total. The molecule has 0 aromatic heterocycles. The van der Waals surface area contributed by atoms with Crippen molar-refractivity contribution in [1.29, 1.82) is 0 Å². The van der Waals surface area contributed by atoms with Crippen LogP contribution in [0.3, 0.4) is 0 Å². The number of hydrogen-bond donors (Lipinski definition) is 0. The average Bonchev–Trinajstić information content (AvgIpc) is 2.76.